The number of hydrogen-bond acceptors (Lipinski definition) is 3. The van der Waals surface area contributed by atoms with Crippen LogP contribution >= 0.6 is 0 Å². The van der Waals surface area contributed by atoms with Crippen LogP contribution in [0.2, 0.25) is 0 Å². The van der Waals surface area contributed by atoms with E-state index in [1.165, 1.54) is 6.92 Å². The number of aromatic nitrogens is 1. The fourth-order valence-electron chi connectivity index (χ4n) is 2.30. The van der Waals surface area contributed by atoms with Crippen LogP contribution in [0.1, 0.15) is 11.7 Å². The number of nitrogens with zero attached hydrogens (tertiary/aromatic N) is 1. The number of benzene rings is 2. The van der Waals surface area contributed by atoms with Crippen molar-refractivity contribution in [3.8, 4) is 22.6 Å². The van der Waals surface area contributed by atoms with Gasteiger partial charge in [-0.1, -0.05) is 60.7 Å². The van der Waals surface area contributed by atoms with E-state index in [2.05, 4.69) is 0 Å². The molecule has 0 aliphatic carbocycles. The monoisotopic (exact) mass is 279 g/mol. The van der Waals surface area contributed by atoms with Gasteiger partial charge in [-0.2, -0.15) is 0 Å². The zero-order valence-electron chi connectivity index (χ0n) is 11.4. The van der Waals surface area contributed by atoms with Gasteiger partial charge in [0.15, 0.2) is 5.76 Å². The summed E-state index contributed by atoms with van der Waals surface area (Å²) < 4.78 is 6.40. The van der Waals surface area contributed by atoms with Gasteiger partial charge in [-0.3, -0.25) is 4.79 Å². The topological polar surface area (TPSA) is 52.2 Å². The number of rotatable bonds is 2. The van der Waals surface area contributed by atoms with Gasteiger partial charge in [0.25, 0.3) is 0 Å². The second kappa shape index (κ2) is 5.25. The lowest BCUT2D eigenvalue weighted by molar-refractivity contribution is 0.0930. The van der Waals surface area contributed by atoms with E-state index >= 15 is 0 Å². The lowest BCUT2D eigenvalue weighted by Gasteiger charge is -2.05. The number of carbonyl (C=O) groups is 1. The Morgan fingerprint density at radius 3 is 1.95 bits per heavy atom. The molecule has 0 fully saturated rings. The maximum atomic E-state index is 12.0. The average Bonchev–Trinajstić information content (AvgIpc) is 2.86. The molecule has 0 amide bonds. The van der Waals surface area contributed by atoms with Crippen LogP contribution in [0.4, 0.5) is 0 Å². The van der Waals surface area contributed by atoms with Gasteiger partial charge < -0.3 is 4.42 Å². The molecular weight excluding hydrogens is 266 g/mol. The van der Waals surface area contributed by atoms with Crippen molar-refractivity contribution < 1.29 is 9.21 Å². The Hall–Kier alpha value is -2.88. The first-order valence-electron chi connectivity index (χ1n) is 6.56. The Morgan fingerprint density at radius 1 is 0.905 bits per heavy atom. The summed E-state index contributed by atoms with van der Waals surface area (Å²) in [7, 11) is 0. The third-order valence-electron chi connectivity index (χ3n) is 3.21. The first-order chi connectivity index (χ1) is 10.2. The van der Waals surface area contributed by atoms with Crippen LogP contribution in [0.3, 0.4) is 0 Å². The van der Waals surface area contributed by atoms with Gasteiger partial charge in [-0.15, -0.1) is 0 Å². The van der Waals surface area contributed by atoms with E-state index in [-0.39, 0.29) is 5.91 Å². The minimum atomic E-state index is -0.666. The molecule has 0 saturated heterocycles. The van der Waals surface area contributed by atoms with Crippen molar-refractivity contribution in [2.75, 3.05) is 0 Å². The molecule has 0 saturated carbocycles. The van der Waals surface area contributed by atoms with Gasteiger partial charge >= 0.3 is 5.76 Å². The Morgan fingerprint density at radius 2 is 1.43 bits per heavy atom. The molecule has 0 aliphatic rings. The first kappa shape index (κ1) is 13.1. The van der Waals surface area contributed by atoms with Gasteiger partial charge in [0.2, 0.25) is 5.91 Å². The molecule has 4 heteroatoms. The molecule has 0 atom stereocenters. The van der Waals surface area contributed by atoms with Crippen molar-refractivity contribution in [3.05, 3.63) is 71.2 Å². The molecule has 104 valence electrons. The normalized spacial score (nSPS) is 10.5. The Labute approximate surface area is 121 Å². The summed E-state index contributed by atoms with van der Waals surface area (Å²) >= 11 is 0. The lowest BCUT2D eigenvalue weighted by Crippen LogP contribution is -2.20. The van der Waals surface area contributed by atoms with Gasteiger partial charge in [-0.05, 0) is 0 Å². The van der Waals surface area contributed by atoms with Crippen molar-refractivity contribution in [2.45, 2.75) is 6.92 Å². The quantitative estimate of drug-likeness (QED) is 0.722. The highest BCUT2D eigenvalue weighted by Gasteiger charge is 2.21. The summed E-state index contributed by atoms with van der Waals surface area (Å²) in [6, 6.07) is 18.5. The fourth-order valence-corrected chi connectivity index (χ4v) is 2.30. The standard InChI is InChI=1S/C17H13NO3/c1-12(19)18-15(13-8-4-2-5-9-13)16(21-17(18)20)14-10-6-3-7-11-14/h2-11H,1H3. The molecule has 0 unspecified atom stereocenters. The van der Waals surface area contributed by atoms with E-state index in [4.69, 9.17) is 4.42 Å². The van der Waals surface area contributed by atoms with E-state index in [0.29, 0.717) is 11.5 Å². The second-order valence-electron chi connectivity index (χ2n) is 4.63. The SMILES string of the molecule is CC(=O)n1c(-c2ccccc2)c(-c2ccccc2)oc1=O. The molecule has 0 N–H and O–H groups in total. The highest BCUT2D eigenvalue weighted by Crippen LogP contribution is 2.31. The molecular formula is C17H13NO3. The highest BCUT2D eigenvalue weighted by molar-refractivity contribution is 5.87. The molecule has 1 aromatic heterocycles. The van der Waals surface area contributed by atoms with E-state index in [0.717, 1.165) is 15.7 Å². The molecule has 0 spiro atoms. The largest absolute Gasteiger partial charge is 0.426 e. The lowest BCUT2D eigenvalue weighted by atomic mass is 10.1. The molecule has 4 nitrogen and oxygen atoms in total. The van der Waals surface area contributed by atoms with Crippen molar-refractivity contribution in [1.82, 2.24) is 4.57 Å². The third-order valence-corrected chi connectivity index (χ3v) is 3.21. The van der Waals surface area contributed by atoms with Crippen LogP contribution in [-0.4, -0.2) is 10.5 Å². The highest BCUT2D eigenvalue weighted by atomic mass is 16.4. The molecule has 3 aromatic rings. The third kappa shape index (κ3) is 2.31. The van der Waals surface area contributed by atoms with Gasteiger partial charge in [-0.25, -0.2) is 9.36 Å². The zero-order chi connectivity index (χ0) is 14.8. The smallest absolute Gasteiger partial charge is 0.407 e. The van der Waals surface area contributed by atoms with Crippen molar-refractivity contribution in [2.24, 2.45) is 0 Å². The molecule has 21 heavy (non-hydrogen) atoms. The van der Waals surface area contributed by atoms with Crippen molar-refractivity contribution in [3.63, 3.8) is 0 Å². The Bertz CT molecular complexity index is 829. The van der Waals surface area contributed by atoms with E-state index < -0.39 is 5.76 Å². The first-order valence-corrected chi connectivity index (χ1v) is 6.56. The van der Waals surface area contributed by atoms with Crippen LogP contribution in [0, 0.1) is 0 Å². The maximum absolute atomic E-state index is 12.0. The second-order valence-corrected chi connectivity index (χ2v) is 4.63. The van der Waals surface area contributed by atoms with Crippen LogP contribution in [0.15, 0.2) is 69.9 Å². The zero-order valence-corrected chi connectivity index (χ0v) is 11.4. The van der Waals surface area contributed by atoms with Gasteiger partial charge in [0.1, 0.15) is 5.69 Å². The summed E-state index contributed by atoms with van der Waals surface area (Å²) in [5.74, 6) is -0.632. The summed E-state index contributed by atoms with van der Waals surface area (Å²) in [5.41, 5.74) is 2.00. The van der Waals surface area contributed by atoms with Crippen LogP contribution < -0.4 is 5.76 Å². The molecule has 1 heterocycles. The minimum Gasteiger partial charge on any atom is -0.407 e. The van der Waals surface area contributed by atoms with Crippen LogP contribution in [-0.2, 0) is 0 Å². The van der Waals surface area contributed by atoms with E-state index in [1.54, 1.807) is 0 Å². The van der Waals surface area contributed by atoms with Crippen LogP contribution in [0.25, 0.3) is 22.6 Å². The van der Waals surface area contributed by atoms with E-state index in [9.17, 15) is 9.59 Å². The summed E-state index contributed by atoms with van der Waals surface area (Å²) in [6.45, 7) is 1.35. The predicted octanol–water partition coefficient (Wildman–Crippen LogP) is 3.44. The predicted molar refractivity (Wildman–Crippen MR) is 80.1 cm³/mol. The van der Waals surface area contributed by atoms with Gasteiger partial charge in [0.05, 0.1) is 0 Å². The fraction of sp³-hybridized carbons (Fsp3) is 0.0588. The molecule has 0 radical (unpaired) electrons. The van der Waals surface area contributed by atoms with Crippen LogP contribution in [0.5, 0.6) is 0 Å². The molecule has 0 aliphatic heterocycles. The molecule has 2 aromatic carbocycles. The molecule has 0 bridgehead atoms. The number of carbonyl (C=O) groups excluding carboxylic acids is 1. The minimum absolute atomic E-state index is 0.371. The summed E-state index contributed by atoms with van der Waals surface area (Å²) in [5, 5.41) is 0. The Kier molecular flexibility index (Phi) is 3.28. The maximum Gasteiger partial charge on any atom is 0.426 e. The summed E-state index contributed by atoms with van der Waals surface area (Å²) in [4.78, 5) is 23.8. The van der Waals surface area contributed by atoms with Gasteiger partial charge in [0, 0.05) is 18.1 Å². The average molecular weight is 279 g/mol. The van der Waals surface area contributed by atoms with Crippen molar-refractivity contribution >= 4 is 5.91 Å². The number of hydrogen-bond donors (Lipinski definition) is 0. The van der Waals surface area contributed by atoms with Crippen molar-refractivity contribution in [1.29, 1.82) is 0 Å². The summed E-state index contributed by atoms with van der Waals surface area (Å²) in [6.07, 6.45) is 0. The number of oxazole rings is 1. The van der Waals surface area contributed by atoms with E-state index in [1.807, 2.05) is 60.7 Å². The molecule has 3 rings (SSSR count). The Balaban J connectivity index is 2.34.